The first kappa shape index (κ1) is 22.6. The van der Waals surface area contributed by atoms with Crippen molar-refractivity contribution in [3.05, 3.63) is 76.8 Å². The van der Waals surface area contributed by atoms with Crippen LogP contribution < -0.4 is 4.74 Å². The van der Waals surface area contributed by atoms with Crippen molar-refractivity contribution < 1.29 is 24.5 Å². The fourth-order valence-electron chi connectivity index (χ4n) is 3.11. The zero-order valence-electron chi connectivity index (χ0n) is 16.1. The Kier molecular flexibility index (Phi) is 8.89. The Morgan fingerprint density at radius 3 is 2.31 bits per heavy atom. The lowest BCUT2D eigenvalue weighted by atomic mass is 9.88. The molecule has 0 aromatic heterocycles. The number of aliphatic carboxylic acids is 2. The summed E-state index contributed by atoms with van der Waals surface area (Å²) >= 11 is 3.51. The Hall–Kier alpha value is -2.64. The van der Waals surface area contributed by atoms with Gasteiger partial charge in [0, 0.05) is 35.6 Å². The topological polar surface area (TPSA) is 87.1 Å². The maximum atomic E-state index is 9.55. The van der Waals surface area contributed by atoms with Crippen LogP contribution in [0.1, 0.15) is 17.9 Å². The Morgan fingerprint density at radius 1 is 1.07 bits per heavy atom. The average molecular weight is 462 g/mol. The van der Waals surface area contributed by atoms with E-state index in [9.17, 15) is 9.59 Å². The molecule has 0 bridgehead atoms. The highest BCUT2D eigenvalue weighted by Crippen LogP contribution is 2.31. The lowest BCUT2D eigenvalue weighted by Gasteiger charge is -2.37. The molecule has 0 saturated carbocycles. The number of rotatable bonds is 5. The Morgan fingerprint density at radius 2 is 1.72 bits per heavy atom. The predicted octanol–water partition coefficient (Wildman–Crippen LogP) is 4.03. The number of piperidine rings is 1. The van der Waals surface area contributed by atoms with Crippen LogP contribution in [0.15, 0.2) is 71.2 Å². The first-order valence-corrected chi connectivity index (χ1v) is 9.94. The van der Waals surface area contributed by atoms with Gasteiger partial charge in [0.1, 0.15) is 11.9 Å². The predicted molar refractivity (Wildman–Crippen MR) is 114 cm³/mol. The van der Waals surface area contributed by atoms with E-state index >= 15 is 0 Å². The molecular weight excluding hydrogens is 438 g/mol. The second kappa shape index (κ2) is 11.4. The van der Waals surface area contributed by atoms with Crippen molar-refractivity contribution in [1.82, 2.24) is 4.90 Å². The fourth-order valence-corrected chi connectivity index (χ4v) is 3.49. The van der Waals surface area contributed by atoms with Gasteiger partial charge >= 0.3 is 11.9 Å². The van der Waals surface area contributed by atoms with Crippen LogP contribution in [0.5, 0.6) is 5.75 Å². The molecular formula is C22H24BrNO5. The van der Waals surface area contributed by atoms with Gasteiger partial charge in [0.25, 0.3) is 0 Å². The minimum absolute atomic E-state index is 0.234. The SMILES string of the molecule is CN1CC[C@@H](Oc2cccc(Br)c2)[C@H](c2ccccc2)C1.O=C(O)C=CC(=O)O. The molecule has 1 heterocycles. The van der Waals surface area contributed by atoms with Crippen LogP contribution in [0.3, 0.4) is 0 Å². The van der Waals surface area contributed by atoms with Crippen LogP contribution in [0, 0.1) is 0 Å². The molecule has 2 atom stereocenters. The van der Waals surface area contributed by atoms with Crippen LogP contribution in [0.25, 0.3) is 0 Å². The van der Waals surface area contributed by atoms with Crippen LogP contribution in [0.2, 0.25) is 0 Å². The molecule has 154 valence electrons. The van der Waals surface area contributed by atoms with Crippen LogP contribution in [-0.4, -0.2) is 53.3 Å². The highest BCUT2D eigenvalue weighted by atomic mass is 79.9. The van der Waals surface area contributed by atoms with Gasteiger partial charge in [-0.05, 0) is 37.2 Å². The number of halogens is 1. The number of ether oxygens (including phenoxy) is 1. The zero-order chi connectivity index (χ0) is 21.2. The largest absolute Gasteiger partial charge is 0.490 e. The van der Waals surface area contributed by atoms with Gasteiger partial charge < -0.3 is 19.8 Å². The summed E-state index contributed by atoms with van der Waals surface area (Å²) in [5.41, 5.74) is 1.36. The van der Waals surface area contributed by atoms with Crippen LogP contribution >= 0.6 is 15.9 Å². The highest BCUT2D eigenvalue weighted by Gasteiger charge is 2.30. The van der Waals surface area contributed by atoms with Gasteiger partial charge in [0.15, 0.2) is 0 Å². The summed E-state index contributed by atoms with van der Waals surface area (Å²) < 4.78 is 7.35. The molecule has 1 aliphatic heterocycles. The summed E-state index contributed by atoms with van der Waals surface area (Å²) in [7, 11) is 2.19. The van der Waals surface area contributed by atoms with Gasteiger partial charge in [-0.25, -0.2) is 9.59 Å². The van der Waals surface area contributed by atoms with Crippen LogP contribution in [0.4, 0.5) is 0 Å². The number of carbonyl (C=O) groups is 2. The smallest absolute Gasteiger partial charge is 0.328 e. The zero-order valence-corrected chi connectivity index (χ0v) is 17.7. The van der Waals surface area contributed by atoms with Crippen molar-refractivity contribution in [1.29, 1.82) is 0 Å². The molecule has 2 N–H and O–H groups in total. The van der Waals surface area contributed by atoms with Gasteiger partial charge in [-0.2, -0.15) is 0 Å². The van der Waals surface area contributed by atoms with Crippen molar-refractivity contribution in [2.45, 2.75) is 18.4 Å². The quantitative estimate of drug-likeness (QED) is 0.653. The third kappa shape index (κ3) is 8.09. The monoisotopic (exact) mass is 461 g/mol. The minimum Gasteiger partial charge on any atom is -0.490 e. The van der Waals surface area contributed by atoms with Crippen molar-refractivity contribution in [2.75, 3.05) is 20.1 Å². The van der Waals surface area contributed by atoms with E-state index in [0.717, 1.165) is 29.7 Å². The third-order valence-corrected chi connectivity index (χ3v) is 4.93. The molecule has 0 amide bonds. The molecule has 1 aliphatic rings. The molecule has 0 radical (unpaired) electrons. The molecule has 0 spiro atoms. The van der Waals surface area contributed by atoms with Gasteiger partial charge in [-0.1, -0.05) is 52.3 Å². The highest BCUT2D eigenvalue weighted by molar-refractivity contribution is 9.10. The molecule has 1 fully saturated rings. The number of benzene rings is 2. The average Bonchev–Trinajstić information content (AvgIpc) is 2.69. The summed E-state index contributed by atoms with van der Waals surface area (Å²) in [5, 5.41) is 15.6. The fraction of sp³-hybridized carbons (Fsp3) is 0.273. The summed E-state index contributed by atoms with van der Waals surface area (Å²) in [6.45, 7) is 2.13. The number of likely N-dealkylation sites (N-methyl/N-ethyl adjacent to an activating group) is 1. The van der Waals surface area contributed by atoms with Crippen molar-refractivity contribution >= 4 is 27.9 Å². The van der Waals surface area contributed by atoms with E-state index in [-0.39, 0.29) is 6.10 Å². The van der Waals surface area contributed by atoms with E-state index in [2.05, 4.69) is 58.2 Å². The summed E-state index contributed by atoms with van der Waals surface area (Å²) in [6, 6.07) is 18.8. The third-order valence-electron chi connectivity index (χ3n) is 4.43. The molecule has 2 aromatic rings. The normalized spacial score (nSPS) is 19.2. The molecule has 0 unspecified atom stereocenters. The van der Waals surface area contributed by atoms with Gasteiger partial charge in [-0.3, -0.25) is 0 Å². The van der Waals surface area contributed by atoms with E-state index in [0.29, 0.717) is 18.1 Å². The second-order valence-electron chi connectivity index (χ2n) is 6.69. The first-order valence-electron chi connectivity index (χ1n) is 9.15. The second-order valence-corrected chi connectivity index (χ2v) is 7.61. The van der Waals surface area contributed by atoms with E-state index in [1.165, 1.54) is 5.56 Å². The number of carboxylic acids is 2. The van der Waals surface area contributed by atoms with E-state index < -0.39 is 11.9 Å². The Balaban J connectivity index is 0.000000321. The van der Waals surface area contributed by atoms with Crippen molar-refractivity contribution in [3.8, 4) is 5.75 Å². The number of hydrogen-bond donors (Lipinski definition) is 2. The molecule has 6 nitrogen and oxygen atoms in total. The Labute approximate surface area is 178 Å². The molecule has 29 heavy (non-hydrogen) atoms. The molecule has 0 aliphatic carbocycles. The number of nitrogens with zero attached hydrogens (tertiary/aromatic N) is 1. The van der Waals surface area contributed by atoms with Crippen molar-refractivity contribution in [3.63, 3.8) is 0 Å². The number of carboxylic acid groups (broad SMARTS) is 2. The number of likely N-dealkylation sites (tertiary alicyclic amines) is 1. The van der Waals surface area contributed by atoms with Gasteiger partial charge in [-0.15, -0.1) is 0 Å². The molecule has 2 aromatic carbocycles. The maximum absolute atomic E-state index is 9.55. The summed E-state index contributed by atoms with van der Waals surface area (Å²) in [5.74, 6) is -1.15. The number of hydrogen-bond acceptors (Lipinski definition) is 4. The van der Waals surface area contributed by atoms with Crippen LogP contribution in [-0.2, 0) is 9.59 Å². The van der Waals surface area contributed by atoms with Crippen molar-refractivity contribution in [2.24, 2.45) is 0 Å². The summed E-state index contributed by atoms with van der Waals surface area (Å²) in [6.07, 6.45) is 2.41. The standard InChI is InChI=1S/C18H20BrNO.C4H4O4/c1-20-11-10-18(21-16-9-5-8-15(19)12-16)17(13-20)14-6-3-2-4-7-14;5-3(6)1-2-4(7)8/h2-9,12,17-18H,10-11,13H2,1H3;1-2H,(H,5,6)(H,7,8)/t17-,18+;/m0./s1. The molecule has 1 saturated heterocycles. The van der Waals surface area contributed by atoms with E-state index in [1.807, 2.05) is 24.3 Å². The Bertz CT molecular complexity index is 824. The lowest BCUT2D eigenvalue weighted by Crippen LogP contribution is -2.42. The summed E-state index contributed by atoms with van der Waals surface area (Å²) in [4.78, 5) is 21.5. The van der Waals surface area contributed by atoms with Gasteiger partial charge in [0.2, 0.25) is 0 Å². The van der Waals surface area contributed by atoms with Gasteiger partial charge in [0.05, 0.1) is 0 Å². The molecule has 7 heteroatoms. The maximum Gasteiger partial charge on any atom is 0.328 e. The minimum atomic E-state index is -1.26. The van der Waals surface area contributed by atoms with E-state index in [4.69, 9.17) is 14.9 Å². The first-order chi connectivity index (χ1) is 13.8. The lowest BCUT2D eigenvalue weighted by molar-refractivity contribution is -0.134. The van der Waals surface area contributed by atoms with E-state index in [1.54, 1.807) is 0 Å². The molecule has 3 rings (SSSR count).